The molecule has 1 aliphatic rings. The van der Waals surface area contributed by atoms with Gasteiger partial charge >= 0.3 is 0 Å². The third-order valence-corrected chi connectivity index (χ3v) is 6.71. The summed E-state index contributed by atoms with van der Waals surface area (Å²) in [6.45, 7) is 0. The third kappa shape index (κ3) is 3.05. The maximum atomic E-state index is 13.4. The molecule has 0 radical (unpaired) electrons. The number of carbonyl (C=O) groups excluding carboxylic acids is 1. The van der Waals surface area contributed by atoms with Crippen molar-refractivity contribution < 1.29 is 4.79 Å². The van der Waals surface area contributed by atoms with Crippen LogP contribution >= 0.6 is 23.1 Å². The van der Waals surface area contributed by atoms with E-state index in [1.165, 1.54) is 28.6 Å². The molecular formula is C19H19N3O2S2. The minimum absolute atomic E-state index is 0.0278. The fourth-order valence-corrected chi connectivity index (χ4v) is 5.48. The van der Waals surface area contributed by atoms with Crippen molar-refractivity contribution in [2.24, 2.45) is 0 Å². The monoisotopic (exact) mass is 385 g/mol. The molecule has 0 aliphatic heterocycles. The number of nitrogens with zero attached hydrogens (tertiary/aromatic N) is 2. The number of para-hydroxylation sites is 1. The standard InChI is InChI=1S/C19H19N3O2S2/c1-20-15(23)11-25-19-21-17-16(13-9-5-6-10-14(13)26-17)18(24)22(19)12-7-3-2-4-8-12/h2-4,7-8H,5-6,9-11H2,1H3,(H,20,23). The lowest BCUT2D eigenvalue weighted by Gasteiger charge is -2.13. The van der Waals surface area contributed by atoms with Gasteiger partial charge in [0, 0.05) is 11.9 Å². The van der Waals surface area contributed by atoms with E-state index in [4.69, 9.17) is 4.98 Å². The lowest BCUT2D eigenvalue weighted by molar-refractivity contribution is -0.118. The van der Waals surface area contributed by atoms with Crippen LogP contribution in [0.4, 0.5) is 0 Å². The van der Waals surface area contributed by atoms with Gasteiger partial charge < -0.3 is 5.32 Å². The van der Waals surface area contributed by atoms with E-state index >= 15 is 0 Å². The van der Waals surface area contributed by atoms with Crippen molar-refractivity contribution in [2.75, 3.05) is 12.8 Å². The van der Waals surface area contributed by atoms with Crippen molar-refractivity contribution in [3.8, 4) is 5.69 Å². The third-order valence-electron chi connectivity index (χ3n) is 4.58. The van der Waals surface area contributed by atoms with Crippen LogP contribution in [0.3, 0.4) is 0 Å². The second-order valence-electron chi connectivity index (χ2n) is 6.22. The number of thioether (sulfide) groups is 1. The summed E-state index contributed by atoms with van der Waals surface area (Å²) < 4.78 is 1.65. The molecular weight excluding hydrogens is 366 g/mol. The zero-order chi connectivity index (χ0) is 18.1. The van der Waals surface area contributed by atoms with Gasteiger partial charge in [-0.05, 0) is 43.4 Å². The van der Waals surface area contributed by atoms with Gasteiger partial charge in [0.1, 0.15) is 4.83 Å². The Morgan fingerprint density at radius 3 is 2.81 bits per heavy atom. The fraction of sp³-hybridized carbons (Fsp3) is 0.316. The van der Waals surface area contributed by atoms with Gasteiger partial charge in [0.2, 0.25) is 5.91 Å². The number of hydrogen-bond acceptors (Lipinski definition) is 5. The molecule has 1 aliphatic carbocycles. The van der Waals surface area contributed by atoms with Crippen LogP contribution < -0.4 is 10.9 Å². The highest BCUT2D eigenvalue weighted by Gasteiger charge is 2.23. The van der Waals surface area contributed by atoms with Gasteiger partial charge in [0.05, 0.1) is 16.8 Å². The number of thiophene rings is 1. The van der Waals surface area contributed by atoms with Gasteiger partial charge in [-0.3, -0.25) is 14.2 Å². The largest absolute Gasteiger partial charge is 0.358 e. The quantitative estimate of drug-likeness (QED) is 0.553. The number of carbonyl (C=O) groups is 1. The molecule has 5 nitrogen and oxygen atoms in total. The summed E-state index contributed by atoms with van der Waals surface area (Å²) in [5.74, 6) is 0.140. The summed E-state index contributed by atoms with van der Waals surface area (Å²) in [6, 6.07) is 9.53. The predicted octanol–water partition coefficient (Wildman–Crippen LogP) is 3.16. The Hall–Kier alpha value is -2.12. The summed E-state index contributed by atoms with van der Waals surface area (Å²) >= 11 is 2.93. The van der Waals surface area contributed by atoms with Crippen LogP contribution in [0.2, 0.25) is 0 Å². The first-order chi connectivity index (χ1) is 12.7. The van der Waals surface area contributed by atoms with Crippen LogP contribution in [0.15, 0.2) is 40.3 Å². The number of aromatic nitrogens is 2. The van der Waals surface area contributed by atoms with E-state index in [1.54, 1.807) is 23.0 Å². The predicted molar refractivity (Wildman–Crippen MR) is 107 cm³/mol. The maximum absolute atomic E-state index is 13.4. The normalized spacial score (nSPS) is 13.6. The van der Waals surface area contributed by atoms with Gasteiger partial charge in [-0.15, -0.1) is 11.3 Å². The van der Waals surface area contributed by atoms with E-state index in [2.05, 4.69) is 5.32 Å². The van der Waals surface area contributed by atoms with Gasteiger partial charge in [-0.1, -0.05) is 30.0 Å². The first-order valence-electron chi connectivity index (χ1n) is 8.65. The molecule has 3 aromatic rings. The smallest absolute Gasteiger partial charge is 0.267 e. The summed E-state index contributed by atoms with van der Waals surface area (Å²) in [6.07, 6.45) is 4.27. The van der Waals surface area contributed by atoms with Crippen molar-refractivity contribution in [3.05, 3.63) is 51.1 Å². The van der Waals surface area contributed by atoms with Gasteiger partial charge in [0.15, 0.2) is 5.16 Å². The van der Waals surface area contributed by atoms with Gasteiger partial charge in [-0.2, -0.15) is 0 Å². The molecule has 1 aromatic carbocycles. The number of rotatable bonds is 4. The average molecular weight is 386 g/mol. The zero-order valence-electron chi connectivity index (χ0n) is 14.4. The van der Waals surface area contributed by atoms with Crippen molar-refractivity contribution in [1.29, 1.82) is 0 Å². The number of hydrogen-bond donors (Lipinski definition) is 1. The topological polar surface area (TPSA) is 64.0 Å². The molecule has 0 fully saturated rings. The molecule has 2 aromatic heterocycles. The molecule has 2 heterocycles. The van der Waals surface area contributed by atoms with E-state index in [0.717, 1.165) is 35.2 Å². The summed E-state index contributed by atoms with van der Waals surface area (Å²) in [7, 11) is 1.61. The molecule has 0 spiro atoms. The summed E-state index contributed by atoms with van der Waals surface area (Å²) in [4.78, 5) is 32.0. The van der Waals surface area contributed by atoms with Gasteiger partial charge in [-0.25, -0.2) is 4.98 Å². The molecule has 1 amide bonds. The molecule has 4 rings (SSSR count). The molecule has 0 unspecified atom stereocenters. The minimum atomic E-state index is -0.0885. The van der Waals surface area contributed by atoms with Crippen LogP contribution in [0, 0.1) is 0 Å². The minimum Gasteiger partial charge on any atom is -0.358 e. The Kier molecular flexibility index (Phi) is 4.82. The van der Waals surface area contributed by atoms with Crippen LogP contribution in [0.1, 0.15) is 23.3 Å². The summed E-state index contributed by atoms with van der Waals surface area (Å²) in [5, 5.41) is 3.94. The molecule has 0 atom stereocenters. The lowest BCUT2D eigenvalue weighted by atomic mass is 9.97. The van der Waals surface area contributed by atoms with Crippen molar-refractivity contribution in [2.45, 2.75) is 30.8 Å². The number of amides is 1. The number of fused-ring (bicyclic) bond motifs is 3. The molecule has 7 heteroatoms. The Morgan fingerprint density at radius 2 is 2.04 bits per heavy atom. The highest BCUT2D eigenvalue weighted by atomic mass is 32.2. The molecule has 1 N–H and O–H groups in total. The van der Waals surface area contributed by atoms with E-state index < -0.39 is 0 Å². The Bertz CT molecular complexity index is 1020. The highest BCUT2D eigenvalue weighted by Crippen LogP contribution is 2.35. The Balaban J connectivity index is 1.93. The van der Waals surface area contributed by atoms with Crippen molar-refractivity contribution in [1.82, 2.24) is 14.9 Å². The van der Waals surface area contributed by atoms with Crippen LogP contribution in [-0.4, -0.2) is 28.3 Å². The van der Waals surface area contributed by atoms with Crippen LogP contribution in [0.5, 0.6) is 0 Å². The van der Waals surface area contributed by atoms with E-state index in [1.807, 2.05) is 30.3 Å². The highest BCUT2D eigenvalue weighted by molar-refractivity contribution is 7.99. The van der Waals surface area contributed by atoms with Crippen molar-refractivity contribution in [3.63, 3.8) is 0 Å². The molecule has 134 valence electrons. The Morgan fingerprint density at radius 1 is 1.27 bits per heavy atom. The number of benzene rings is 1. The van der Waals surface area contributed by atoms with E-state index in [0.29, 0.717) is 5.16 Å². The molecule has 0 saturated heterocycles. The number of nitrogens with one attached hydrogen (secondary N) is 1. The van der Waals surface area contributed by atoms with Gasteiger partial charge in [0.25, 0.3) is 5.56 Å². The number of aryl methyl sites for hydroxylation is 2. The Labute approximate surface area is 159 Å². The SMILES string of the molecule is CNC(=O)CSc1nc2sc3c(c2c(=O)n1-c1ccccc1)CCCC3. The second-order valence-corrected chi connectivity index (χ2v) is 8.25. The molecule has 26 heavy (non-hydrogen) atoms. The molecule has 0 bridgehead atoms. The van der Waals surface area contributed by atoms with Crippen molar-refractivity contribution >= 4 is 39.2 Å². The lowest BCUT2D eigenvalue weighted by Crippen LogP contribution is -2.24. The maximum Gasteiger partial charge on any atom is 0.267 e. The summed E-state index contributed by atoms with van der Waals surface area (Å²) in [5.41, 5.74) is 1.93. The first kappa shape index (κ1) is 17.3. The average Bonchev–Trinajstić information content (AvgIpc) is 3.05. The van der Waals surface area contributed by atoms with E-state index in [-0.39, 0.29) is 17.2 Å². The van der Waals surface area contributed by atoms with E-state index in [9.17, 15) is 9.59 Å². The van der Waals surface area contributed by atoms with Crippen LogP contribution in [0.25, 0.3) is 15.9 Å². The zero-order valence-corrected chi connectivity index (χ0v) is 16.1. The fourth-order valence-electron chi connectivity index (χ4n) is 3.29. The molecule has 0 saturated carbocycles. The van der Waals surface area contributed by atoms with Crippen LogP contribution in [-0.2, 0) is 17.6 Å². The second kappa shape index (κ2) is 7.25. The first-order valence-corrected chi connectivity index (χ1v) is 10.5.